The number of hydrogen-bond donors (Lipinski definition) is 4. The SMILES string of the molecule is Cc1cccc(C)c1C[C@H](NC(=O)C[C@@H]1NC(=O)[C@H](Cc2ccccc2)NC1=O)C(=O)O. The van der Waals surface area contributed by atoms with E-state index in [-0.39, 0.29) is 18.7 Å². The van der Waals surface area contributed by atoms with Crippen LogP contribution in [0.3, 0.4) is 0 Å². The molecule has 0 aromatic heterocycles. The van der Waals surface area contributed by atoms with E-state index >= 15 is 0 Å². The molecule has 3 amide bonds. The molecular weight excluding hydrogens is 410 g/mol. The van der Waals surface area contributed by atoms with Crippen molar-refractivity contribution in [2.24, 2.45) is 0 Å². The van der Waals surface area contributed by atoms with Gasteiger partial charge in [0.25, 0.3) is 0 Å². The summed E-state index contributed by atoms with van der Waals surface area (Å²) in [6, 6.07) is 12.0. The maximum absolute atomic E-state index is 12.5. The molecule has 0 unspecified atom stereocenters. The number of carboxylic acids is 1. The van der Waals surface area contributed by atoms with Gasteiger partial charge in [-0.1, -0.05) is 48.5 Å². The van der Waals surface area contributed by atoms with E-state index in [9.17, 15) is 24.3 Å². The Hall–Kier alpha value is -3.68. The van der Waals surface area contributed by atoms with E-state index in [0.717, 1.165) is 22.3 Å². The van der Waals surface area contributed by atoms with Crippen LogP contribution in [0.15, 0.2) is 48.5 Å². The van der Waals surface area contributed by atoms with Gasteiger partial charge in [0.15, 0.2) is 0 Å². The van der Waals surface area contributed by atoms with E-state index in [2.05, 4.69) is 16.0 Å². The van der Waals surface area contributed by atoms with Gasteiger partial charge < -0.3 is 21.1 Å². The number of carbonyl (C=O) groups excluding carboxylic acids is 3. The van der Waals surface area contributed by atoms with Crippen LogP contribution in [0.5, 0.6) is 0 Å². The van der Waals surface area contributed by atoms with Crippen molar-refractivity contribution >= 4 is 23.7 Å². The van der Waals surface area contributed by atoms with Crippen LogP contribution in [0.2, 0.25) is 0 Å². The van der Waals surface area contributed by atoms with Crippen molar-refractivity contribution in [2.45, 2.75) is 51.2 Å². The van der Waals surface area contributed by atoms with Gasteiger partial charge in [-0.3, -0.25) is 14.4 Å². The second-order valence-corrected chi connectivity index (χ2v) is 8.05. The van der Waals surface area contributed by atoms with E-state index in [4.69, 9.17) is 0 Å². The second-order valence-electron chi connectivity index (χ2n) is 8.05. The Morgan fingerprint density at radius 1 is 0.938 bits per heavy atom. The molecule has 168 valence electrons. The van der Waals surface area contributed by atoms with Gasteiger partial charge in [-0.25, -0.2) is 4.79 Å². The van der Waals surface area contributed by atoms with Crippen molar-refractivity contribution in [3.63, 3.8) is 0 Å². The summed E-state index contributed by atoms with van der Waals surface area (Å²) in [5.74, 6) is -2.63. The third kappa shape index (κ3) is 5.72. The average Bonchev–Trinajstić information content (AvgIpc) is 2.74. The highest BCUT2D eigenvalue weighted by atomic mass is 16.4. The minimum absolute atomic E-state index is 0.127. The van der Waals surface area contributed by atoms with Gasteiger partial charge in [-0.05, 0) is 36.1 Å². The van der Waals surface area contributed by atoms with Crippen LogP contribution in [0.1, 0.15) is 28.7 Å². The normalized spacial score (nSPS) is 18.9. The molecule has 32 heavy (non-hydrogen) atoms. The van der Waals surface area contributed by atoms with Gasteiger partial charge in [0.2, 0.25) is 17.7 Å². The average molecular weight is 437 g/mol. The Morgan fingerprint density at radius 3 is 2.16 bits per heavy atom. The summed E-state index contributed by atoms with van der Waals surface area (Å²) in [6.45, 7) is 3.77. The van der Waals surface area contributed by atoms with E-state index in [0.29, 0.717) is 6.42 Å². The van der Waals surface area contributed by atoms with Gasteiger partial charge >= 0.3 is 5.97 Å². The molecule has 2 aromatic carbocycles. The molecule has 0 aliphatic carbocycles. The second kappa shape index (κ2) is 10.1. The smallest absolute Gasteiger partial charge is 0.326 e. The molecule has 3 rings (SSSR count). The highest BCUT2D eigenvalue weighted by Crippen LogP contribution is 2.16. The highest BCUT2D eigenvalue weighted by Gasteiger charge is 2.35. The summed E-state index contributed by atoms with van der Waals surface area (Å²) in [5, 5.41) is 17.3. The molecule has 0 radical (unpaired) electrons. The third-order valence-electron chi connectivity index (χ3n) is 5.62. The summed E-state index contributed by atoms with van der Waals surface area (Å²) in [7, 11) is 0. The van der Waals surface area contributed by atoms with Crippen LogP contribution in [-0.2, 0) is 32.0 Å². The summed E-state index contributed by atoms with van der Waals surface area (Å²) in [4.78, 5) is 49.1. The minimum atomic E-state index is -1.17. The van der Waals surface area contributed by atoms with Crippen LogP contribution in [0, 0.1) is 13.8 Å². The quantitative estimate of drug-likeness (QED) is 0.491. The summed E-state index contributed by atoms with van der Waals surface area (Å²) in [6.07, 6.45) is 0.127. The number of aliphatic carboxylic acids is 1. The van der Waals surface area contributed by atoms with Crippen LogP contribution < -0.4 is 16.0 Å². The lowest BCUT2D eigenvalue weighted by molar-refractivity contribution is -0.142. The van der Waals surface area contributed by atoms with E-state index in [1.165, 1.54) is 0 Å². The number of hydrogen-bond acceptors (Lipinski definition) is 4. The molecule has 4 N–H and O–H groups in total. The zero-order valence-corrected chi connectivity index (χ0v) is 18.1. The number of nitrogens with one attached hydrogen (secondary N) is 3. The number of carboxylic acid groups (broad SMARTS) is 1. The largest absolute Gasteiger partial charge is 0.480 e. The van der Waals surface area contributed by atoms with Crippen molar-refractivity contribution in [1.82, 2.24) is 16.0 Å². The number of carbonyl (C=O) groups is 4. The lowest BCUT2D eigenvalue weighted by Crippen LogP contribution is -2.63. The Balaban J connectivity index is 1.59. The lowest BCUT2D eigenvalue weighted by atomic mass is 9.96. The zero-order valence-electron chi connectivity index (χ0n) is 18.1. The topological polar surface area (TPSA) is 125 Å². The first kappa shape index (κ1) is 23.0. The van der Waals surface area contributed by atoms with Gasteiger partial charge in [0, 0.05) is 12.8 Å². The van der Waals surface area contributed by atoms with Crippen molar-refractivity contribution < 1.29 is 24.3 Å². The highest BCUT2D eigenvalue weighted by molar-refractivity contribution is 5.99. The van der Waals surface area contributed by atoms with Crippen LogP contribution in [0.25, 0.3) is 0 Å². The number of aryl methyl sites for hydroxylation is 2. The van der Waals surface area contributed by atoms with Crippen LogP contribution >= 0.6 is 0 Å². The van der Waals surface area contributed by atoms with Gasteiger partial charge in [0.05, 0.1) is 6.42 Å². The molecule has 8 nitrogen and oxygen atoms in total. The standard InChI is InChI=1S/C24H27N3O5/c1-14-7-6-8-15(2)17(14)12-20(24(31)32)25-21(28)13-19-23(30)26-18(22(29)27-19)11-16-9-4-3-5-10-16/h3-10,18-20H,11-13H2,1-2H3,(H,25,28)(H,26,30)(H,27,29)(H,31,32)/t18-,19-,20-/m0/s1. The molecule has 2 aromatic rings. The molecular formula is C24H27N3O5. The maximum Gasteiger partial charge on any atom is 0.326 e. The summed E-state index contributed by atoms with van der Waals surface area (Å²) in [5.41, 5.74) is 3.63. The summed E-state index contributed by atoms with van der Waals surface area (Å²) >= 11 is 0. The molecule has 0 saturated carbocycles. The fourth-order valence-electron chi connectivity index (χ4n) is 3.83. The monoisotopic (exact) mass is 437 g/mol. The van der Waals surface area contributed by atoms with Crippen LogP contribution in [0.4, 0.5) is 0 Å². The van der Waals surface area contributed by atoms with E-state index in [1.54, 1.807) is 0 Å². The Bertz CT molecular complexity index is 1000. The Kier molecular flexibility index (Phi) is 7.25. The fourth-order valence-corrected chi connectivity index (χ4v) is 3.83. The molecule has 1 aliphatic rings. The molecule has 0 spiro atoms. The number of rotatable bonds is 8. The first-order chi connectivity index (χ1) is 15.2. The summed E-state index contributed by atoms with van der Waals surface area (Å²) < 4.78 is 0. The van der Waals surface area contributed by atoms with Crippen molar-refractivity contribution in [1.29, 1.82) is 0 Å². The van der Waals surface area contributed by atoms with Gasteiger partial charge in [0.1, 0.15) is 18.1 Å². The predicted octanol–water partition coefficient (Wildman–Crippen LogP) is 1.03. The van der Waals surface area contributed by atoms with Crippen molar-refractivity contribution in [3.05, 3.63) is 70.8 Å². The van der Waals surface area contributed by atoms with E-state index < -0.39 is 35.9 Å². The molecule has 3 atom stereocenters. The van der Waals surface area contributed by atoms with E-state index in [1.807, 2.05) is 62.4 Å². The Labute approximate surface area is 186 Å². The van der Waals surface area contributed by atoms with Crippen molar-refractivity contribution in [2.75, 3.05) is 0 Å². The fraction of sp³-hybridized carbons (Fsp3) is 0.333. The lowest BCUT2D eigenvalue weighted by Gasteiger charge is -2.29. The first-order valence-electron chi connectivity index (χ1n) is 10.5. The third-order valence-corrected chi connectivity index (χ3v) is 5.62. The van der Waals surface area contributed by atoms with Crippen LogP contribution in [-0.4, -0.2) is 46.9 Å². The zero-order chi connectivity index (χ0) is 23.3. The molecule has 1 aliphatic heterocycles. The predicted molar refractivity (Wildman–Crippen MR) is 118 cm³/mol. The Morgan fingerprint density at radius 2 is 1.53 bits per heavy atom. The number of benzene rings is 2. The number of piperazine rings is 1. The molecule has 0 bridgehead atoms. The van der Waals surface area contributed by atoms with Gasteiger partial charge in [-0.2, -0.15) is 0 Å². The van der Waals surface area contributed by atoms with Gasteiger partial charge in [-0.15, -0.1) is 0 Å². The van der Waals surface area contributed by atoms with Crippen molar-refractivity contribution in [3.8, 4) is 0 Å². The molecule has 8 heteroatoms. The first-order valence-corrected chi connectivity index (χ1v) is 10.5. The number of amides is 3. The molecule has 1 saturated heterocycles. The maximum atomic E-state index is 12.5. The molecule has 1 fully saturated rings. The molecule has 1 heterocycles. The minimum Gasteiger partial charge on any atom is -0.480 e.